The van der Waals surface area contributed by atoms with Gasteiger partial charge in [-0.2, -0.15) is 0 Å². The van der Waals surface area contributed by atoms with Crippen LogP contribution in [0, 0.1) is 0 Å². The van der Waals surface area contributed by atoms with Gasteiger partial charge >= 0.3 is 5.69 Å². The average Bonchev–Trinajstić information content (AvgIpc) is 2.18. The molecule has 4 heteroatoms. The number of aromatic amines is 1. The maximum Gasteiger partial charge on any atom is 0.345 e. The van der Waals surface area contributed by atoms with Crippen LogP contribution in [-0.2, 0) is 0 Å². The smallest absolute Gasteiger partial charge is 0.345 e. The molecule has 0 aliphatic carbocycles. The second-order valence-electron chi connectivity index (χ2n) is 2.84. The molecular formula is C10H8N2O2. The third-order valence-electron chi connectivity index (χ3n) is 1.83. The summed E-state index contributed by atoms with van der Waals surface area (Å²) in [6, 6.07) is 8.33. The molecule has 0 saturated heterocycles. The van der Waals surface area contributed by atoms with Crippen molar-refractivity contribution in [2.24, 2.45) is 0 Å². The Morgan fingerprint density at radius 1 is 1.29 bits per heavy atom. The zero-order valence-electron chi connectivity index (χ0n) is 7.27. The van der Waals surface area contributed by atoms with Gasteiger partial charge in [0.2, 0.25) is 0 Å². The molecule has 0 aliphatic heterocycles. The fourth-order valence-electron chi connectivity index (χ4n) is 1.21. The Bertz CT molecular complexity index is 505. The Morgan fingerprint density at radius 2 is 2.14 bits per heavy atom. The first-order chi connectivity index (χ1) is 6.75. The van der Waals surface area contributed by atoms with Crippen LogP contribution in [0.15, 0.2) is 41.3 Å². The van der Waals surface area contributed by atoms with Crippen molar-refractivity contribution in [1.82, 2.24) is 9.97 Å². The van der Waals surface area contributed by atoms with Crippen LogP contribution >= 0.6 is 0 Å². The van der Waals surface area contributed by atoms with Crippen molar-refractivity contribution >= 4 is 0 Å². The van der Waals surface area contributed by atoms with E-state index in [4.69, 9.17) is 0 Å². The second kappa shape index (κ2) is 3.33. The topological polar surface area (TPSA) is 66.0 Å². The molecule has 14 heavy (non-hydrogen) atoms. The van der Waals surface area contributed by atoms with Gasteiger partial charge in [0.05, 0.1) is 5.69 Å². The summed E-state index contributed by atoms with van der Waals surface area (Å²) in [5.74, 6) is 0.167. The second-order valence-corrected chi connectivity index (χ2v) is 2.84. The number of benzene rings is 1. The molecule has 1 aromatic carbocycles. The quantitative estimate of drug-likeness (QED) is 0.705. The Hall–Kier alpha value is -2.10. The van der Waals surface area contributed by atoms with E-state index in [2.05, 4.69) is 9.97 Å². The van der Waals surface area contributed by atoms with E-state index in [1.807, 2.05) is 0 Å². The van der Waals surface area contributed by atoms with Gasteiger partial charge in [-0.05, 0) is 18.2 Å². The number of aromatic nitrogens is 2. The Labute approximate surface area is 79.9 Å². The molecule has 4 nitrogen and oxygen atoms in total. The summed E-state index contributed by atoms with van der Waals surface area (Å²) in [7, 11) is 0. The summed E-state index contributed by atoms with van der Waals surface area (Å²) in [4.78, 5) is 17.0. The molecule has 1 aromatic heterocycles. The number of nitrogens with zero attached hydrogens (tertiary/aromatic N) is 1. The van der Waals surface area contributed by atoms with Crippen molar-refractivity contribution in [2.75, 3.05) is 0 Å². The van der Waals surface area contributed by atoms with Gasteiger partial charge in [0.15, 0.2) is 0 Å². The van der Waals surface area contributed by atoms with Crippen LogP contribution in [-0.4, -0.2) is 15.1 Å². The van der Waals surface area contributed by atoms with Gasteiger partial charge < -0.3 is 10.1 Å². The van der Waals surface area contributed by atoms with E-state index >= 15 is 0 Å². The Morgan fingerprint density at radius 3 is 2.86 bits per heavy atom. The molecule has 0 amide bonds. The van der Waals surface area contributed by atoms with Crippen molar-refractivity contribution in [3.63, 3.8) is 0 Å². The minimum Gasteiger partial charge on any atom is -0.508 e. The van der Waals surface area contributed by atoms with Gasteiger partial charge in [0, 0.05) is 11.8 Å². The standard InChI is InChI=1S/C10H8N2O2/c13-8-3-1-2-7(6-8)9-4-5-11-10(14)12-9/h1-6,13H,(H,11,12,14). The number of nitrogens with one attached hydrogen (secondary N) is 1. The van der Waals surface area contributed by atoms with Crippen LogP contribution in [0.25, 0.3) is 11.3 Å². The van der Waals surface area contributed by atoms with Crippen LogP contribution in [0.3, 0.4) is 0 Å². The highest BCUT2D eigenvalue weighted by Gasteiger charge is 1.98. The molecule has 0 aliphatic rings. The lowest BCUT2D eigenvalue weighted by atomic mass is 10.1. The summed E-state index contributed by atoms with van der Waals surface area (Å²) >= 11 is 0. The van der Waals surface area contributed by atoms with E-state index in [0.29, 0.717) is 5.69 Å². The molecule has 1 heterocycles. The van der Waals surface area contributed by atoms with Crippen LogP contribution < -0.4 is 5.69 Å². The largest absolute Gasteiger partial charge is 0.508 e. The summed E-state index contributed by atoms with van der Waals surface area (Å²) < 4.78 is 0. The molecule has 0 fully saturated rings. The van der Waals surface area contributed by atoms with E-state index in [1.165, 1.54) is 6.20 Å². The van der Waals surface area contributed by atoms with E-state index in [9.17, 15) is 9.90 Å². The lowest BCUT2D eigenvalue weighted by molar-refractivity contribution is 0.475. The number of phenolic OH excluding ortho intramolecular Hbond substituents is 1. The Balaban J connectivity index is 2.55. The van der Waals surface area contributed by atoms with Crippen molar-refractivity contribution < 1.29 is 5.11 Å². The average molecular weight is 188 g/mol. The maximum absolute atomic E-state index is 10.9. The molecule has 0 spiro atoms. The predicted octanol–water partition coefficient (Wildman–Crippen LogP) is 1.14. The van der Waals surface area contributed by atoms with Gasteiger partial charge in [0.25, 0.3) is 0 Å². The first kappa shape index (κ1) is 8.50. The zero-order valence-corrected chi connectivity index (χ0v) is 7.27. The molecule has 0 saturated carbocycles. The van der Waals surface area contributed by atoms with Crippen molar-refractivity contribution in [3.05, 3.63) is 47.0 Å². The third-order valence-corrected chi connectivity index (χ3v) is 1.83. The summed E-state index contributed by atoms with van der Waals surface area (Å²) in [5, 5.41) is 9.24. The van der Waals surface area contributed by atoms with E-state index in [0.717, 1.165) is 5.56 Å². The minimum atomic E-state index is -0.397. The third kappa shape index (κ3) is 1.64. The Kier molecular flexibility index (Phi) is 2.02. The lowest BCUT2D eigenvalue weighted by Crippen LogP contribution is -2.09. The zero-order chi connectivity index (χ0) is 9.97. The highest BCUT2D eigenvalue weighted by Crippen LogP contribution is 2.19. The highest BCUT2D eigenvalue weighted by molar-refractivity contribution is 5.60. The van der Waals surface area contributed by atoms with Crippen molar-refractivity contribution in [3.8, 4) is 17.0 Å². The highest BCUT2D eigenvalue weighted by atomic mass is 16.3. The van der Waals surface area contributed by atoms with Gasteiger partial charge in [-0.25, -0.2) is 9.78 Å². The van der Waals surface area contributed by atoms with Crippen molar-refractivity contribution in [2.45, 2.75) is 0 Å². The molecule has 0 bridgehead atoms. The van der Waals surface area contributed by atoms with Gasteiger partial charge in [0.1, 0.15) is 5.75 Å². The van der Waals surface area contributed by atoms with E-state index in [-0.39, 0.29) is 5.75 Å². The van der Waals surface area contributed by atoms with Crippen LogP contribution in [0.4, 0.5) is 0 Å². The monoisotopic (exact) mass is 188 g/mol. The number of phenols is 1. The van der Waals surface area contributed by atoms with E-state index in [1.54, 1.807) is 30.3 Å². The number of hydrogen-bond acceptors (Lipinski definition) is 3. The molecule has 2 rings (SSSR count). The maximum atomic E-state index is 10.9. The predicted molar refractivity (Wildman–Crippen MR) is 52.0 cm³/mol. The molecule has 2 N–H and O–H groups in total. The van der Waals surface area contributed by atoms with Crippen LogP contribution in [0.1, 0.15) is 0 Å². The van der Waals surface area contributed by atoms with Crippen LogP contribution in [0.5, 0.6) is 5.75 Å². The summed E-state index contributed by atoms with van der Waals surface area (Å²) in [6.45, 7) is 0. The number of aromatic hydroxyl groups is 1. The minimum absolute atomic E-state index is 0.167. The molecular weight excluding hydrogens is 180 g/mol. The lowest BCUT2D eigenvalue weighted by Gasteiger charge is -2.00. The van der Waals surface area contributed by atoms with Crippen molar-refractivity contribution in [1.29, 1.82) is 0 Å². The first-order valence-electron chi connectivity index (χ1n) is 4.10. The number of H-pyrrole nitrogens is 1. The van der Waals surface area contributed by atoms with E-state index < -0.39 is 5.69 Å². The van der Waals surface area contributed by atoms with Gasteiger partial charge in [-0.3, -0.25) is 0 Å². The number of rotatable bonds is 1. The molecule has 2 aromatic rings. The first-order valence-corrected chi connectivity index (χ1v) is 4.10. The number of hydrogen-bond donors (Lipinski definition) is 2. The SMILES string of the molecule is O=c1nccc(-c2cccc(O)c2)[nH]1. The molecule has 0 radical (unpaired) electrons. The fraction of sp³-hybridized carbons (Fsp3) is 0. The molecule has 70 valence electrons. The summed E-state index contributed by atoms with van der Waals surface area (Å²) in [6.07, 6.45) is 1.43. The molecule has 0 unspecified atom stereocenters. The van der Waals surface area contributed by atoms with Gasteiger partial charge in [-0.15, -0.1) is 0 Å². The van der Waals surface area contributed by atoms with Crippen LogP contribution in [0.2, 0.25) is 0 Å². The van der Waals surface area contributed by atoms with Gasteiger partial charge in [-0.1, -0.05) is 12.1 Å². The fourth-order valence-corrected chi connectivity index (χ4v) is 1.21. The normalized spacial score (nSPS) is 10.0. The molecule has 0 atom stereocenters. The summed E-state index contributed by atoms with van der Waals surface area (Å²) in [5.41, 5.74) is 0.997.